The number of carboxylic acids is 1. The maximum absolute atomic E-state index is 12.8. The number of hydrogen-bond acceptors (Lipinski definition) is 2. The molecule has 0 spiro atoms. The second-order valence-electron chi connectivity index (χ2n) is 2.32. The Kier molecular flexibility index (Phi) is 2.74. The maximum Gasteiger partial charge on any atom is 0.130 e. The van der Waals surface area contributed by atoms with Crippen LogP contribution in [0.2, 0.25) is 0 Å². The number of carboxylic acid groups (broad SMARTS) is 1. The first-order chi connectivity index (χ1) is 6.09. The summed E-state index contributed by atoms with van der Waals surface area (Å²) in [5, 5.41) is 9.95. The molecule has 68 valence electrons. The monoisotopic (exact) mass is 183 g/mol. The maximum atomic E-state index is 12.8. The molecule has 4 heteroatoms. The molecule has 0 aromatic heterocycles. The van der Waals surface area contributed by atoms with E-state index in [0.717, 1.165) is 24.3 Å². The summed E-state index contributed by atoms with van der Waals surface area (Å²) in [6.45, 7) is 0. The molecule has 13 heavy (non-hydrogen) atoms. The largest absolute Gasteiger partial charge is 0.545 e. The van der Waals surface area contributed by atoms with Crippen LogP contribution < -0.4 is 5.11 Å². The smallest absolute Gasteiger partial charge is 0.130 e. The van der Waals surface area contributed by atoms with Gasteiger partial charge in [0.25, 0.3) is 0 Å². The normalized spacial score (nSPS) is 10.6. The van der Waals surface area contributed by atoms with E-state index in [1.54, 1.807) is 0 Å². The molecule has 0 radical (unpaired) electrons. The van der Waals surface area contributed by atoms with Gasteiger partial charge in [-0.1, -0.05) is 6.08 Å². The van der Waals surface area contributed by atoms with Gasteiger partial charge in [0.2, 0.25) is 0 Å². The van der Waals surface area contributed by atoms with Crippen molar-refractivity contribution in [2.45, 2.75) is 0 Å². The molecule has 0 N–H and O–H groups in total. The Morgan fingerprint density at radius 2 is 2.08 bits per heavy atom. The molecule has 0 amide bonds. The lowest BCUT2D eigenvalue weighted by Crippen LogP contribution is -2.18. The number of benzene rings is 1. The van der Waals surface area contributed by atoms with Crippen molar-refractivity contribution >= 4 is 12.0 Å². The van der Waals surface area contributed by atoms with E-state index < -0.39 is 17.6 Å². The van der Waals surface area contributed by atoms with Crippen LogP contribution in [-0.4, -0.2) is 5.97 Å². The number of aliphatic carboxylic acids is 1. The molecule has 0 atom stereocenters. The SMILES string of the molecule is O=C([O-])/C=C/c1cc(F)ccc1F. The van der Waals surface area contributed by atoms with E-state index in [1.165, 1.54) is 0 Å². The van der Waals surface area contributed by atoms with E-state index in [0.29, 0.717) is 6.08 Å². The summed E-state index contributed by atoms with van der Waals surface area (Å²) in [6.07, 6.45) is 1.57. The highest BCUT2D eigenvalue weighted by Crippen LogP contribution is 2.10. The lowest BCUT2D eigenvalue weighted by molar-refractivity contribution is -0.297. The predicted molar refractivity (Wildman–Crippen MR) is 40.4 cm³/mol. The highest BCUT2D eigenvalue weighted by atomic mass is 19.1. The van der Waals surface area contributed by atoms with Crippen LogP contribution in [0, 0.1) is 11.6 Å². The van der Waals surface area contributed by atoms with Crippen molar-refractivity contribution < 1.29 is 18.7 Å². The third-order valence-corrected chi connectivity index (χ3v) is 1.36. The van der Waals surface area contributed by atoms with Crippen molar-refractivity contribution in [2.75, 3.05) is 0 Å². The topological polar surface area (TPSA) is 40.1 Å². The molecule has 0 unspecified atom stereocenters. The first kappa shape index (κ1) is 9.38. The molecule has 0 aliphatic heterocycles. The first-order valence-electron chi connectivity index (χ1n) is 3.43. The van der Waals surface area contributed by atoms with Crippen molar-refractivity contribution in [2.24, 2.45) is 0 Å². The van der Waals surface area contributed by atoms with Gasteiger partial charge in [0.05, 0.1) is 5.97 Å². The van der Waals surface area contributed by atoms with E-state index >= 15 is 0 Å². The molecule has 0 heterocycles. The van der Waals surface area contributed by atoms with Crippen molar-refractivity contribution in [1.29, 1.82) is 0 Å². The molecule has 0 fully saturated rings. The fourth-order valence-corrected chi connectivity index (χ4v) is 0.800. The van der Waals surface area contributed by atoms with Crippen LogP contribution in [0.15, 0.2) is 24.3 Å². The Balaban J connectivity index is 3.00. The van der Waals surface area contributed by atoms with Crippen LogP contribution >= 0.6 is 0 Å². The molecule has 1 aromatic rings. The van der Waals surface area contributed by atoms with Gasteiger partial charge >= 0.3 is 0 Å². The van der Waals surface area contributed by atoms with Crippen LogP contribution in [-0.2, 0) is 4.79 Å². The molecule has 0 bridgehead atoms. The Labute approximate surface area is 73.1 Å². The zero-order valence-corrected chi connectivity index (χ0v) is 6.46. The summed E-state index contributed by atoms with van der Waals surface area (Å²) in [7, 11) is 0. The molecular weight excluding hydrogens is 178 g/mol. The molecule has 0 aliphatic carbocycles. The molecular formula is C9H5F2O2-. The predicted octanol–water partition coefficient (Wildman–Crippen LogP) is 0.728. The Morgan fingerprint density at radius 1 is 1.38 bits per heavy atom. The highest BCUT2D eigenvalue weighted by molar-refractivity contribution is 5.83. The zero-order valence-electron chi connectivity index (χ0n) is 6.46. The van der Waals surface area contributed by atoms with Gasteiger partial charge in [0.15, 0.2) is 0 Å². The number of hydrogen-bond donors (Lipinski definition) is 0. The van der Waals surface area contributed by atoms with Crippen molar-refractivity contribution in [3.8, 4) is 0 Å². The molecule has 0 saturated heterocycles. The molecule has 1 rings (SSSR count). The molecule has 2 nitrogen and oxygen atoms in total. The summed E-state index contributed by atoms with van der Waals surface area (Å²) in [5.41, 5.74) is -0.121. The van der Waals surface area contributed by atoms with Crippen LogP contribution in [0.5, 0.6) is 0 Å². The summed E-state index contributed by atoms with van der Waals surface area (Å²) in [6, 6.07) is 2.77. The first-order valence-corrected chi connectivity index (χ1v) is 3.43. The average molecular weight is 183 g/mol. The summed E-state index contributed by atoms with van der Waals surface area (Å²) in [4.78, 5) is 9.95. The second kappa shape index (κ2) is 3.80. The second-order valence-corrected chi connectivity index (χ2v) is 2.32. The number of rotatable bonds is 2. The third-order valence-electron chi connectivity index (χ3n) is 1.36. The Hall–Kier alpha value is -1.71. The van der Waals surface area contributed by atoms with E-state index in [9.17, 15) is 18.7 Å². The van der Waals surface area contributed by atoms with Gasteiger partial charge in [-0.15, -0.1) is 0 Å². The lowest BCUT2D eigenvalue weighted by Gasteiger charge is -1.96. The van der Waals surface area contributed by atoms with E-state index in [4.69, 9.17) is 0 Å². The van der Waals surface area contributed by atoms with Gasteiger partial charge in [-0.3, -0.25) is 0 Å². The fraction of sp³-hybridized carbons (Fsp3) is 0. The molecule has 0 aliphatic rings. The lowest BCUT2D eigenvalue weighted by atomic mass is 10.2. The van der Waals surface area contributed by atoms with Crippen LogP contribution in [0.1, 0.15) is 5.56 Å². The van der Waals surface area contributed by atoms with E-state index in [2.05, 4.69) is 0 Å². The number of carbonyl (C=O) groups is 1. The number of halogens is 2. The molecule has 1 aromatic carbocycles. The molecule has 0 saturated carbocycles. The van der Waals surface area contributed by atoms with Crippen molar-refractivity contribution in [3.63, 3.8) is 0 Å². The van der Waals surface area contributed by atoms with Gasteiger partial charge in [0.1, 0.15) is 11.6 Å². The number of carbonyl (C=O) groups excluding carboxylic acids is 1. The quantitative estimate of drug-likeness (QED) is 0.634. The van der Waals surface area contributed by atoms with Gasteiger partial charge in [-0.25, -0.2) is 8.78 Å². The van der Waals surface area contributed by atoms with Crippen LogP contribution in [0.25, 0.3) is 6.08 Å². The minimum Gasteiger partial charge on any atom is -0.545 e. The van der Waals surface area contributed by atoms with Gasteiger partial charge in [0, 0.05) is 5.56 Å². The highest BCUT2D eigenvalue weighted by Gasteiger charge is 1.99. The van der Waals surface area contributed by atoms with Gasteiger partial charge in [-0.2, -0.15) is 0 Å². The van der Waals surface area contributed by atoms with E-state index in [-0.39, 0.29) is 5.56 Å². The van der Waals surface area contributed by atoms with Gasteiger partial charge in [-0.05, 0) is 24.3 Å². The minimum atomic E-state index is -1.45. The zero-order chi connectivity index (χ0) is 9.84. The average Bonchev–Trinajstić information content (AvgIpc) is 2.06. The van der Waals surface area contributed by atoms with Crippen LogP contribution in [0.4, 0.5) is 8.78 Å². The van der Waals surface area contributed by atoms with Crippen molar-refractivity contribution in [3.05, 3.63) is 41.5 Å². The van der Waals surface area contributed by atoms with Crippen LogP contribution in [0.3, 0.4) is 0 Å². The third kappa shape index (κ3) is 2.66. The van der Waals surface area contributed by atoms with Gasteiger partial charge < -0.3 is 9.90 Å². The minimum absolute atomic E-state index is 0.121. The Morgan fingerprint density at radius 3 is 2.69 bits per heavy atom. The summed E-state index contributed by atoms with van der Waals surface area (Å²) in [5.74, 6) is -2.76. The van der Waals surface area contributed by atoms with Crippen molar-refractivity contribution in [1.82, 2.24) is 0 Å². The van der Waals surface area contributed by atoms with E-state index in [1.807, 2.05) is 0 Å². The summed E-state index contributed by atoms with van der Waals surface area (Å²) >= 11 is 0. The fourth-order valence-electron chi connectivity index (χ4n) is 0.800. The standard InChI is InChI=1S/C9H6F2O2/c10-7-2-3-8(11)6(5-7)1-4-9(12)13/h1-5H,(H,12,13)/p-1/b4-1+. The summed E-state index contributed by atoms with van der Waals surface area (Å²) < 4.78 is 25.3. The Bertz CT molecular complexity index is 359.